The summed E-state index contributed by atoms with van der Waals surface area (Å²) in [6, 6.07) is 8.18. The first-order valence-corrected chi connectivity index (χ1v) is 8.88. The van der Waals surface area contributed by atoms with Crippen molar-refractivity contribution in [1.82, 2.24) is 0 Å². The molecular formula is C16H21BrOS. The molecule has 0 N–H and O–H groups in total. The molecule has 0 bridgehead atoms. The monoisotopic (exact) mass is 340 g/mol. The van der Waals surface area contributed by atoms with Gasteiger partial charge in [0.25, 0.3) is 0 Å². The van der Waals surface area contributed by atoms with Crippen LogP contribution in [0.2, 0.25) is 0 Å². The third kappa shape index (κ3) is 4.64. The Hall–Kier alpha value is -0.280. The zero-order chi connectivity index (χ0) is 13.7. The molecule has 3 heteroatoms. The normalized spacial score (nSPS) is 23.3. The van der Waals surface area contributed by atoms with E-state index in [1.807, 2.05) is 12.1 Å². The maximum Gasteiger partial charge on any atom is 0.146 e. The Labute approximate surface area is 128 Å². The first kappa shape index (κ1) is 15.1. The van der Waals surface area contributed by atoms with Gasteiger partial charge in [-0.3, -0.25) is 4.79 Å². The van der Waals surface area contributed by atoms with Crippen LogP contribution in [-0.4, -0.2) is 11.5 Å². The molecule has 2 atom stereocenters. The second-order valence-corrected chi connectivity index (χ2v) is 7.31. The van der Waals surface area contributed by atoms with Crippen LogP contribution >= 0.6 is 27.7 Å². The van der Waals surface area contributed by atoms with E-state index in [0.29, 0.717) is 17.5 Å². The molecule has 1 aliphatic rings. The van der Waals surface area contributed by atoms with Gasteiger partial charge in [-0.25, -0.2) is 0 Å². The minimum atomic E-state index is 0.318. The molecule has 1 saturated carbocycles. The van der Waals surface area contributed by atoms with Crippen molar-refractivity contribution in [3.63, 3.8) is 0 Å². The zero-order valence-corrected chi connectivity index (χ0v) is 13.8. The molecule has 1 aliphatic carbocycles. The Morgan fingerprint density at radius 3 is 3.00 bits per heavy atom. The molecule has 0 heterocycles. The largest absolute Gasteiger partial charge is 0.298 e. The van der Waals surface area contributed by atoms with Crippen molar-refractivity contribution in [2.24, 2.45) is 11.8 Å². The van der Waals surface area contributed by atoms with Crippen molar-refractivity contribution < 1.29 is 4.79 Å². The van der Waals surface area contributed by atoms with E-state index >= 15 is 0 Å². The average Bonchev–Trinajstić information content (AvgIpc) is 2.45. The van der Waals surface area contributed by atoms with Gasteiger partial charge < -0.3 is 0 Å². The summed E-state index contributed by atoms with van der Waals surface area (Å²) in [6.45, 7) is 2.24. The molecule has 2 unspecified atom stereocenters. The SMILES string of the molecule is CCC1CCCC(C(=O)CSc2cccc(Br)c2)C1. The standard InChI is InChI=1S/C16H21BrOS/c1-2-12-5-3-6-13(9-12)16(18)11-19-15-8-4-7-14(17)10-15/h4,7-8,10,12-13H,2-3,5-6,9,11H2,1H3. The van der Waals surface area contributed by atoms with Gasteiger partial charge in [-0.05, 0) is 37.0 Å². The number of halogens is 1. The van der Waals surface area contributed by atoms with E-state index in [-0.39, 0.29) is 0 Å². The van der Waals surface area contributed by atoms with E-state index in [2.05, 4.69) is 35.0 Å². The molecule has 0 aliphatic heterocycles. The molecule has 104 valence electrons. The second kappa shape index (κ2) is 7.49. The Bertz CT molecular complexity index is 433. The number of thioether (sulfide) groups is 1. The highest BCUT2D eigenvalue weighted by Gasteiger charge is 2.25. The number of Topliss-reactive ketones (excluding diaryl/α,β-unsaturated/α-hetero) is 1. The van der Waals surface area contributed by atoms with Crippen molar-refractivity contribution in [2.75, 3.05) is 5.75 Å². The van der Waals surface area contributed by atoms with Gasteiger partial charge in [0.05, 0.1) is 5.75 Å². The second-order valence-electron chi connectivity index (χ2n) is 5.35. The van der Waals surface area contributed by atoms with Crippen molar-refractivity contribution in [1.29, 1.82) is 0 Å². The van der Waals surface area contributed by atoms with Gasteiger partial charge >= 0.3 is 0 Å². The van der Waals surface area contributed by atoms with Gasteiger partial charge in [0.15, 0.2) is 0 Å². The number of carbonyl (C=O) groups is 1. The van der Waals surface area contributed by atoms with E-state index in [0.717, 1.165) is 23.2 Å². The Balaban J connectivity index is 1.84. The van der Waals surface area contributed by atoms with Crippen LogP contribution in [0.4, 0.5) is 0 Å². The lowest BCUT2D eigenvalue weighted by Crippen LogP contribution is -2.24. The van der Waals surface area contributed by atoms with E-state index in [1.165, 1.54) is 24.2 Å². The Morgan fingerprint density at radius 1 is 1.42 bits per heavy atom. The summed E-state index contributed by atoms with van der Waals surface area (Å²) in [5.74, 6) is 2.16. The number of hydrogen-bond acceptors (Lipinski definition) is 2. The van der Waals surface area contributed by atoms with E-state index < -0.39 is 0 Å². The summed E-state index contributed by atoms with van der Waals surface area (Å²) in [5, 5.41) is 0. The number of carbonyl (C=O) groups excluding carboxylic acids is 1. The highest BCUT2D eigenvalue weighted by molar-refractivity contribution is 9.10. The minimum Gasteiger partial charge on any atom is -0.298 e. The number of ketones is 1. The molecule has 0 aromatic heterocycles. The summed E-state index contributed by atoms with van der Waals surface area (Å²) >= 11 is 5.13. The predicted molar refractivity (Wildman–Crippen MR) is 85.6 cm³/mol. The fourth-order valence-corrected chi connectivity index (χ4v) is 4.26. The van der Waals surface area contributed by atoms with E-state index in [4.69, 9.17) is 0 Å². The van der Waals surface area contributed by atoms with Gasteiger partial charge in [-0.1, -0.05) is 48.2 Å². The Kier molecular flexibility index (Phi) is 5.96. The van der Waals surface area contributed by atoms with Crippen LogP contribution in [0.15, 0.2) is 33.6 Å². The molecule has 0 amide bonds. The Morgan fingerprint density at radius 2 is 2.26 bits per heavy atom. The summed E-state index contributed by atoms with van der Waals surface area (Å²) in [4.78, 5) is 13.5. The van der Waals surface area contributed by atoms with Crippen molar-refractivity contribution >= 4 is 33.5 Å². The first-order valence-electron chi connectivity index (χ1n) is 7.10. The quantitative estimate of drug-likeness (QED) is 0.674. The van der Waals surface area contributed by atoms with Crippen molar-refractivity contribution in [3.05, 3.63) is 28.7 Å². The summed E-state index contributed by atoms with van der Waals surface area (Å²) in [7, 11) is 0. The highest BCUT2D eigenvalue weighted by Crippen LogP contribution is 2.33. The van der Waals surface area contributed by atoms with Gasteiger partial charge in [0.1, 0.15) is 5.78 Å². The molecule has 2 rings (SSSR count). The lowest BCUT2D eigenvalue weighted by Gasteiger charge is -2.27. The van der Waals surface area contributed by atoms with Crippen LogP contribution in [0.25, 0.3) is 0 Å². The van der Waals surface area contributed by atoms with Crippen molar-refractivity contribution in [3.8, 4) is 0 Å². The van der Waals surface area contributed by atoms with Crippen molar-refractivity contribution in [2.45, 2.75) is 43.9 Å². The molecule has 19 heavy (non-hydrogen) atoms. The predicted octanol–water partition coefficient (Wildman–Crippen LogP) is 5.33. The molecule has 0 radical (unpaired) electrons. The summed E-state index contributed by atoms with van der Waals surface area (Å²) in [5.41, 5.74) is 0. The fraction of sp³-hybridized carbons (Fsp3) is 0.562. The molecule has 1 fully saturated rings. The fourth-order valence-electron chi connectivity index (χ4n) is 2.78. The molecular weight excluding hydrogens is 320 g/mol. The molecule has 0 saturated heterocycles. The molecule has 1 nitrogen and oxygen atoms in total. The third-order valence-corrected chi connectivity index (χ3v) is 5.50. The number of hydrogen-bond donors (Lipinski definition) is 0. The smallest absolute Gasteiger partial charge is 0.146 e. The summed E-state index contributed by atoms with van der Waals surface area (Å²) in [6.07, 6.45) is 6.00. The lowest BCUT2D eigenvalue weighted by atomic mass is 9.78. The van der Waals surface area contributed by atoms with Gasteiger partial charge in [-0.2, -0.15) is 0 Å². The first-order chi connectivity index (χ1) is 9.19. The topological polar surface area (TPSA) is 17.1 Å². The van der Waals surface area contributed by atoms with Crippen LogP contribution in [0, 0.1) is 11.8 Å². The number of rotatable bonds is 5. The zero-order valence-electron chi connectivity index (χ0n) is 11.4. The van der Waals surface area contributed by atoms with E-state index in [9.17, 15) is 4.79 Å². The van der Waals surface area contributed by atoms with Crippen LogP contribution < -0.4 is 0 Å². The number of benzene rings is 1. The van der Waals surface area contributed by atoms with Crippen LogP contribution in [0.5, 0.6) is 0 Å². The maximum absolute atomic E-state index is 12.3. The third-order valence-electron chi connectivity index (χ3n) is 3.99. The summed E-state index contributed by atoms with van der Waals surface area (Å²) < 4.78 is 1.08. The van der Waals surface area contributed by atoms with Crippen LogP contribution in [-0.2, 0) is 4.79 Å². The maximum atomic E-state index is 12.3. The van der Waals surface area contributed by atoms with Gasteiger partial charge in [0, 0.05) is 15.3 Å². The van der Waals surface area contributed by atoms with Crippen LogP contribution in [0.1, 0.15) is 39.0 Å². The molecule has 0 spiro atoms. The lowest BCUT2D eigenvalue weighted by molar-refractivity contribution is -0.121. The molecule has 1 aromatic rings. The molecule has 1 aromatic carbocycles. The van der Waals surface area contributed by atoms with Gasteiger partial charge in [-0.15, -0.1) is 11.8 Å². The van der Waals surface area contributed by atoms with Crippen LogP contribution in [0.3, 0.4) is 0 Å². The average molecular weight is 341 g/mol. The van der Waals surface area contributed by atoms with Gasteiger partial charge in [0.2, 0.25) is 0 Å². The van der Waals surface area contributed by atoms with E-state index in [1.54, 1.807) is 11.8 Å². The highest BCUT2D eigenvalue weighted by atomic mass is 79.9. The minimum absolute atomic E-state index is 0.318.